The average molecular weight is 345 g/mol. The summed E-state index contributed by atoms with van der Waals surface area (Å²) in [6, 6.07) is 14.6. The summed E-state index contributed by atoms with van der Waals surface area (Å²) >= 11 is 0. The zero-order valence-corrected chi connectivity index (χ0v) is 13.9. The molecule has 0 aliphatic carbocycles. The molecular weight excluding hydrogens is 330 g/mol. The van der Waals surface area contributed by atoms with E-state index in [0.29, 0.717) is 11.3 Å². The molecular formula is C20H15N3O3. The number of aryl methyl sites for hydroxylation is 1. The van der Waals surface area contributed by atoms with Crippen LogP contribution in [-0.2, 0) is 0 Å². The molecule has 6 heteroatoms. The van der Waals surface area contributed by atoms with E-state index in [1.54, 1.807) is 18.3 Å². The Bertz CT molecular complexity index is 1180. The number of aromatic amines is 1. The molecule has 0 amide bonds. The predicted octanol–water partition coefficient (Wildman–Crippen LogP) is 2.80. The Morgan fingerprint density at radius 1 is 1.08 bits per heavy atom. The highest BCUT2D eigenvalue weighted by Gasteiger charge is 2.17. The Balaban J connectivity index is 1.91. The zero-order valence-electron chi connectivity index (χ0n) is 13.9. The van der Waals surface area contributed by atoms with E-state index in [1.807, 2.05) is 43.3 Å². The first-order valence-electron chi connectivity index (χ1n) is 8.05. The molecule has 0 atom stereocenters. The lowest BCUT2D eigenvalue weighted by atomic mass is 10.1. The molecule has 1 aromatic heterocycles. The van der Waals surface area contributed by atoms with Gasteiger partial charge in [-0.2, -0.15) is 0 Å². The van der Waals surface area contributed by atoms with Gasteiger partial charge in [0.25, 0.3) is 5.56 Å². The number of aliphatic imine (C=N–C) groups is 1. The molecule has 0 saturated carbocycles. The van der Waals surface area contributed by atoms with E-state index in [2.05, 4.69) is 9.98 Å². The average Bonchev–Trinajstić information content (AvgIpc) is 3.03. The van der Waals surface area contributed by atoms with Crippen LogP contribution in [0.15, 0.2) is 63.1 Å². The second-order valence-electron chi connectivity index (χ2n) is 6.04. The first-order valence-corrected chi connectivity index (χ1v) is 8.05. The van der Waals surface area contributed by atoms with Gasteiger partial charge < -0.3 is 5.11 Å². The molecule has 26 heavy (non-hydrogen) atoms. The fourth-order valence-electron chi connectivity index (χ4n) is 2.91. The van der Waals surface area contributed by atoms with E-state index >= 15 is 0 Å². The molecule has 0 fully saturated rings. The number of nitrogens with one attached hydrogen (secondary N) is 1. The highest BCUT2D eigenvalue weighted by atomic mass is 16.3. The molecule has 0 saturated heterocycles. The molecule has 6 nitrogen and oxygen atoms in total. The van der Waals surface area contributed by atoms with Gasteiger partial charge in [-0.15, -0.1) is 0 Å². The minimum absolute atomic E-state index is 0.00308. The summed E-state index contributed by atoms with van der Waals surface area (Å²) in [6.45, 7) is 1.92. The van der Waals surface area contributed by atoms with Crippen molar-refractivity contribution in [3.05, 3.63) is 86.1 Å². The minimum atomic E-state index is -0.695. The van der Waals surface area contributed by atoms with Gasteiger partial charge in [-0.25, -0.2) is 9.36 Å². The van der Waals surface area contributed by atoms with Crippen molar-refractivity contribution in [2.75, 3.05) is 0 Å². The summed E-state index contributed by atoms with van der Waals surface area (Å²) in [6.07, 6.45) is 3.17. The fourth-order valence-corrected chi connectivity index (χ4v) is 2.91. The van der Waals surface area contributed by atoms with Gasteiger partial charge in [0, 0.05) is 17.4 Å². The number of H-pyrrole nitrogens is 1. The fraction of sp³-hybridized carbons (Fsp3) is 0.0500. The maximum atomic E-state index is 12.3. The molecule has 1 aliphatic heterocycles. The Labute approximate surface area is 148 Å². The number of hydrogen-bond acceptors (Lipinski definition) is 4. The van der Waals surface area contributed by atoms with Gasteiger partial charge in [0.15, 0.2) is 0 Å². The van der Waals surface area contributed by atoms with E-state index in [4.69, 9.17) is 0 Å². The summed E-state index contributed by atoms with van der Waals surface area (Å²) in [5, 5.41) is 10.6. The maximum absolute atomic E-state index is 12.3. The number of allylic oxidation sites excluding steroid dienone is 1. The van der Waals surface area contributed by atoms with Gasteiger partial charge in [-0.1, -0.05) is 35.9 Å². The number of fused-ring (bicyclic) bond motifs is 1. The minimum Gasteiger partial charge on any atom is -0.494 e. The number of para-hydroxylation sites is 1. The molecule has 4 rings (SSSR count). The molecule has 2 aromatic carbocycles. The Morgan fingerprint density at radius 3 is 2.58 bits per heavy atom. The van der Waals surface area contributed by atoms with E-state index in [-0.39, 0.29) is 5.56 Å². The van der Waals surface area contributed by atoms with Crippen LogP contribution < -0.4 is 11.2 Å². The van der Waals surface area contributed by atoms with Crippen LogP contribution in [0.5, 0.6) is 5.88 Å². The normalized spacial score (nSPS) is 14.0. The van der Waals surface area contributed by atoms with Gasteiger partial charge >= 0.3 is 5.69 Å². The molecule has 0 bridgehead atoms. The molecule has 0 radical (unpaired) electrons. The number of benzene rings is 2. The highest BCUT2D eigenvalue weighted by Crippen LogP contribution is 2.32. The van der Waals surface area contributed by atoms with Crippen LogP contribution in [0.25, 0.3) is 17.3 Å². The third-order valence-electron chi connectivity index (χ3n) is 4.27. The maximum Gasteiger partial charge on any atom is 0.335 e. The van der Waals surface area contributed by atoms with Crippen LogP contribution in [0.3, 0.4) is 0 Å². The topological polar surface area (TPSA) is 87.4 Å². The second kappa shape index (κ2) is 6.00. The number of hydrogen-bond donors (Lipinski definition) is 2. The number of nitrogens with zero attached hydrogens (tertiary/aromatic N) is 2. The third kappa shape index (κ3) is 2.57. The molecule has 0 spiro atoms. The highest BCUT2D eigenvalue weighted by molar-refractivity contribution is 6.21. The van der Waals surface area contributed by atoms with E-state index in [9.17, 15) is 14.7 Å². The largest absolute Gasteiger partial charge is 0.494 e. The number of rotatable bonds is 2. The standard InChI is InChI=1S/C20H15N3O3/c1-12-6-8-14(9-7-12)23-19(25)16(18(24)22-20(23)26)10-13-11-21-17-5-3-2-4-15(13)17/h2-11,25H,1H3,(H,22,24,26)/b13-10-. The SMILES string of the molecule is Cc1ccc(-n2c(O)c(/C=C3/C=Nc4ccccc43)c(=O)[nH]c2=O)cc1. The van der Waals surface area contributed by atoms with Crippen LogP contribution >= 0.6 is 0 Å². The monoisotopic (exact) mass is 345 g/mol. The van der Waals surface area contributed by atoms with Gasteiger partial charge in [0.1, 0.15) is 5.56 Å². The van der Waals surface area contributed by atoms with Crippen LogP contribution in [0.4, 0.5) is 5.69 Å². The van der Waals surface area contributed by atoms with Gasteiger partial charge in [-0.3, -0.25) is 14.8 Å². The summed E-state index contributed by atoms with van der Waals surface area (Å²) in [5.74, 6) is -0.409. The molecule has 128 valence electrons. The van der Waals surface area contributed by atoms with Gasteiger partial charge in [-0.05, 0) is 31.2 Å². The van der Waals surface area contributed by atoms with E-state index in [0.717, 1.165) is 21.4 Å². The molecule has 2 N–H and O–H groups in total. The van der Waals surface area contributed by atoms with Crippen molar-refractivity contribution >= 4 is 23.6 Å². The molecule has 2 heterocycles. The number of aromatic nitrogens is 2. The first-order chi connectivity index (χ1) is 12.5. The molecule has 1 aliphatic rings. The van der Waals surface area contributed by atoms with Crippen LogP contribution in [0.1, 0.15) is 16.7 Å². The Hall–Kier alpha value is -3.67. The van der Waals surface area contributed by atoms with Gasteiger partial charge in [0.2, 0.25) is 5.88 Å². The third-order valence-corrected chi connectivity index (χ3v) is 4.27. The van der Waals surface area contributed by atoms with Crippen molar-refractivity contribution in [3.8, 4) is 11.6 Å². The van der Waals surface area contributed by atoms with Crippen molar-refractivity contribution in [1.82, 2.24) is 9.55 Å². The smallest absolute Gasteiger partial charge is 0.335 e. The lowest BCUT2D eigenvalue weighted by molar-refractivity contribution is 0.429. The van der Waals surface area contributed by atoms with E-state index in [1.165, 1.54) is 6.08 Å². The lowest BCUT2D eigenvalue weighted by Crippen LogP contribution is -2.30. The van der Waals surface area contributed by atoms with E-state index < -0.39 is 17.1 Å². The van der Waals surface area contributed by atoms with Crippen molar-refractivity contribution in [3.63, 3.8) is 0 Å². The van der Waals surface area contributed by atoms with Crippen LogP contribution in [0, 0.1) is 6.92 Å². The zero-order chi connectivity index (χ0) is 18.3. The second-order valence-corrected chi connectivity index (χ2v) is 6.04. The summed E-state index contributed by atoms with van der Waals surface area (Å²) in [5.41, 5.74) is 2.49. The van der Waals surface area contributed by atoms with Crippen molar-refractivity contribution in [2.24, 2.45) is 4.99 Å². The number of aromatic hydroxyl groups is 1. The predicted molar refractivity (Wildman–Crippen MR) is 102 cm³/mol. The Morgan fingerprint density at radius 2 is 1.81 bits per heavy atom. The summed E-state index contributed by atoms with van der Waals surface area (Å²) in [7, 11) is 0. The van der Waals surface area contributed by atoms with Crippen LogP contribution in [-0.4, -0.2) is 20.9 Å². The van der Waals surface area contributed by atoms with Gasteiger partial charge in [0.05, 0.1) is 11.4 Å². The molecule has 3 aromatic rings. The first kappa shape index (κ1) is 15.8. The summed E-state index contributed by atoms with van der Waals surface area (Å²) in [4.78, 5) is 31.1. The lowest BCUT2D eigenvalue weighted by Gasteiger charge is -2.10. The molecule has 0 unspecified atom stereocenters. The van der Waals surface area contributed by atoms with Crippen molar-refractivity contribution in [2.45, 2.75) is 6.92 Å². The quantitative estimate of drug-likeness (QED) is 0.749. The Kier molecular flexibility index (Phi) is 3.65. The van der Waals surface area contributed by atoms with Crippen molar-refractivity contribution < 1.29 is 5.11 Å². The van der Waals surface area contributed by atoms with Crippen LogP contribution in [0.2, 0.25) is 0 Å². The summed E-state index contributed by atoms with van der Waals surface area (Å²) < 4.78 is 1.07. The van der Waals surface area contributed by atoms with Crippen molar-refractivity contribution in [1.29, 1.82) is 0 Å².